The maximum atomic E-state index is 11.5. The first-order valence-corrected chi connectivity index (χ1v) is 7.82. The Labute approximate surface area is 98.6 Å². The maximum Gasteiger partial charge on any atom is 0.151 e. The van der Waals surface area contributed by atoms with Gasteiger partial charge in [0, 0.05) is 18.8 Å². The number of hydrogen-bond acceptors (Lipinski definition) is 4. The van der Waals surface area contributed by atoms with Crippen LogP contribution >= 0.6 is 0 Å². The second-order valence-corrected chi connectivity index (χ2v) is 7.21. The van der Waals surface area contributed by atoms with Gasteiger partial charge in [0.25, 0.3) is 0 Å². The number of rotatable bonds is 7. The van der Waals surface area contributed by atoms with Crippen molar-refractivity contribution in [2.45, 2.75) is 32.3 Å². The minimum absolute atomic E-state index is 0.123. The Morgan fingerprint density at radius 1 is 1.31 bits per heavy atom. The monoisotopic (exact) mass is 249 g/mol. The van der Waals surface area contributed by atoms with Crippen LogP contribution in [0.25, 0.3) is 0 Å². The summed E-state index contributed by atoms with van der Waals surface area (Å²) in [5.41, 5.74) is 0. The first-order valence-electron chi connectivity index (χ1n) is 6.00. The molecule has 1 aliphatic rings. The minimum Gasteiger partial charge on any atom is -0.393 e. The van der Waals surface area contributed by atoms with Gasteiger partial charge in [-0.1, -0.05) is 6.92 Å². The number of aliphatic hydroxyl groups is 1. The van der Waals surface area contributed by atoms with Crippen LogP contribution in [0.2, 0.25) is 0 Å². The van der Waals surface area contributed by atoms with Gasteiger partial charge in [-0.25, -0.2) is 8.42 Å². The Kier molecular flexibility index (Phi) is 5.21. The maximum absolute atomic E-state index is 11.5. The largest absolute Gasteiger partial charge is 0.393 e. The van der Waals surface area contributed by atoms with E-state index in [1.54, 1.807) is 0 Å². The molecule has 0 heterocycles. The van der Waals surface area contributed by atoms with Gasteiger partial charge < -0.3 is 10.0 Å². The normalized spacial score (nSPS) is 25.8. The van der Waals surface area contributed by atoms with Crippen LogP contribution in [-0.2, 0) is 9.84 Å². The lowest BCUT2D eigenvalue weighted by atomic mass is 9.82. The molecule has 0 aliphatic heterocycles. The summed E-state index contributed by atoms with van der Waals surface area (Å²) >= 11 is 0. The predicted octanol–water partition coefficient (Wildman–Crippen LogP) is 0.514. The van der Waals surface area contributed by atoms with Crippen molar-refractivity contribution in [3.8, 4) is 0 Å². The van der Waals surface area contributed by atoms with Gasteiger partial charge in [-0.2, -0.15) is 0 Å². The highest BCUT2D eigenvalue weighted by atomic mass is 32.2. The fourth-order valence-electron chi connectivity index (χ4n) is 2.09. The SMILES string of the molecule is CCCS(=O)(=O)CCN(C)CC1CC(O)C1. The van der Waals surface area contributed by atoms with Gasteiger partial charge in [-0.3, -0.25) is 0 Å². The van der Waals surface area contributed by atoms with Crippen molar-refractivity contribution >= 4 is 9.84 Å². The number of nitrogens with zero attached hydrogens (tertiary/aromatic N) is 1. The topological polar surface area (TPSA) is 57.6 Å². The van der Waals surface area contributed by atoms with Crippen molar-refractivity contribution < 1.29 is 13.5 Å². The van der Waals surface area contributed by atoms with E-state index in [0.717, 1.165) is 19.4 Å². The van der Waals surface area contributed by atoms with Crippen LogP contribution in [0.3, 0.4) is 0 Å². The van der Waals surface area contributed by atoms with Crippen molar-refractivity contribution in [1.82, 2.24) is 4.90 Å². The van der Waals surface area contributed by atoms with Crippen molar-refractivity contribution in [3.63, 3.8) is 0 Å². The van der Waals surface area contributed by atoms with E-state index in [9.17, 15) is 8.42 Å². The number of aliphatic hydroxyl groups excluding tert-OH is 1. The molecule has 1 aliphatic carbocycles. The molecule has 0 atom stereocenters. The summed E-state index contributed by atoms with van der Waals surface area (Å²) in [6, 6.07) is 0. The second kappa shape index (κ2) is 5.98. The molecule has 0 bridgehead atoms. The van der Waals surface area contributed by atoms with Gasteiger partial charge in [0.05, 0.1) is 11.9 Å². The van der Waals surface area contributed by atoms with Crippen molar-refractivity contribution in [2.24, 2.45) is 5.92 Å². The van der Waals surface area contributed by atoms with Gasteiger partial charge in [-0.15, -0.1) is 0 Å². The summed E-state index contributed by atoms with van der Waals surface area (Å²) in [6.07, 6.45) is 2.31. The fraction of sp³-hybridized carbons (Fsp3) is 1.00. The van der Waals surface area contributed by atoms with Gasteiger partial charge in [-0.05, 0) is 32.2 Å². The molecule has 1 N–H and O–H groups in total. The second-order valence-electron chi connectivity index (χ2n) is 4.91. The molecule has 0 spiro atoms. The lowest BCUT2D eigenvalue weighted by Gasteiger charge is -2.34. The molecule has 0 radical (unpaired) electrons. The third-order valence-corrected chi connectivity index (χ3v) is 4.91. The summed E-state index contributed by atoms with van der Waals surface area (Å²) in [5.74, 6) is 1.10. The molecule has 16 heavy (non-hydrogen) atoms. The lowest BCUT2D eigenvalue weighted by molar-refractivity contribution is 0.0291. The summed E-state index contributed by atoms with van der Waals surface area (Å²) in [5, 5.41) is 9.15. The predicted molar refractivity (Wildman–Crippen MR) is 65.2 cm³/mol. The van der Waals surface area contributed by atoms with E-state index >= 15 is 0 Å². The van der Waals surface area contributed by atoms with Gasteiger partial charge in [0.15, 0.2) is 9.84 Å². The molecular formula is C11H23NO3S. The van der Waals surface area contributed by atoms with E-state index in [-0.39, 0.29) is 11.9 Å². The zero-order valence-electron chi connectivity index (χ0n) is 10.2. The Morgan fingerprint density at radius 3 is 2.44 bits per heavy atom. The van der Waals surface area contributed by atoms with E-state index in [4.69, 9.17) is 5.11 Å². The van der Waals surface area contributed by atoms with Crippen LogP contribution in [0.5, 0.6) is 0 Å². The van der Waals surface area contributed by atoms with Gasteiger partial charge in [0.2, 0.25) is 0 Å². The van der Waals surface area contributed by atoms with Gasteiger partial charge in [0.1, 0.15) is 0 Å². The lowest BCUT2D eigenvalue weighted by Crippen LogP contribution is -2.38. The summed E-state index contributed by atoms with van der Waals surface area (Å²) in [7, 11) is -0.902. The average molecular weight is 249 g/mol. The zero-order valence-corrected chi connectivity index (χ0v) is 11.0. The Balaban J connectivity index is 2.17. The third kappa shape index (κ3) is 4.80. The first kappa shape index (κ1) is 13.9. The van der Waals surface area contributed by atoms with E-state index in [1.807, 2.05) is 14.0 Å². The highest BCUT2D eigenvalue weighted by Gasteiger charge is 2.27. The molecule has 1 rings (SSSR count). The average Bonchev–Trinajstić information content (AvgIpc) is 2.12. The van der Waals surface area contributed by atoms with Crippen LogP contribution in [-0.4, -0.2) is 56.2 Å². The van der Waals surface area contributed by atoms with Crippen LogP contribution in [0.1, 0.15) is 26.2 Å². The Morgan fingerprint density at radius 2 is 1.94 bits per heavy atom. The number of hydrogen-bond donors (Lipinski definition) is 1. The highest BCUT2D eigenvalue weighted by Crippen LogP contribution is 2.27. The third-order valence-electron chi connectivity index (χ3n) is 3.08. The smallest absolute Gasteiger partial charge is 0.151 e. The summed E-state index contributed by atoms with van der Waals surface area (Å²) < 4.78 is 23.0. The molecule has 0 amide bonds. The van der Waals surface area contributed by atoms with Crippen LogP contribution in [0.15, 0.2) is 0 Å². The van der Waals surface area contributed by atoms with Crippen LogP contribution in [0.4, 0.5) is 0 Å². The molecule has 0 aromatic carbocycles. The first-order chi connectivity index (χ1) is 7.43. The molecule has 5 heteroatoms. The minimum atomic E-state index is -2.85. The van der Waals surface area contributed by atoms with E-state index in [0.29, 0.717) is 24.6 Å². The standard InChI is InChI=1S/C11H23NO3S/c1-3-5-16(14,15)6-4-12(2)9-10-7-11(13)8-10/h10-11,13H,3-9H2,1-2H3. The van der Waals surface area contributed by atoms with E-state index in [2.05, 4.69) is 4.90 Å². The molecule has 1 fully saturated rings. The molecule has 0 unspecified atom stereocenters. The van der Waals surface area contributed by atoms with Crippen LogP contribution in [0, 0.1) is 5.92 Å². The molecular weight excluding hydrogens is 226 g/mol. The van der Waals surface area contributed by atoms with Crippen molar-refractivity contribution in [1.29, 1.82) is 0 Å². The fourth-order valence-corrected chi connectivity index (χ4v) is 3.51. The molecule has 0 aromatic heterocycles. The molecule has 4 nitrogen and oxygen atoms in total. The zero-order chi connectivity index (χ0) is 12.2. The summed E-state index contributed by atoms with van der Waals surface area (Å²) in [6.45, 7) is 3.39. The molecule has 1 saturated carbocycles. The Hall–Kier alpha value is -0.130. The highest BCUT2D eigenvalue weighted by molar-refractivity contribution is 7.91. The number of sulfone groups is 1. The summed E-state index contributed by atoms with van der Waals surface area (Å²) in [4.78, 5) is 2.06. The van der Waals surface area contributed by atoms with Gasteiger partial charge >= 0.3 is 0 Å². The Bertz CT molecular complexity index is 296. The van der Waals surface area contributed by atoms with E-state index < -0.39 is 9.84 Å². The molecule has 0 saturated heterocycles. The molecule has 0 aromatic rings. The van der Waals surface area contributed by atoms with E-state index in [1.165, 1.54) is 0 Å². The van der Waals surface area contributed by atoms with Crippen molar-refractivity contribution in [3.05, 3.63) is 0 Å². The van der Waals surface area contributed by atoms with Crippen LogP contribution < -0.4 is 0 Å². The molecule has 96 valence electrons. The quantitative estimate of drug-likeness (QED) is 0.714. The van der Waals surface area contributed by atoms with Crippen molar-refractivity contribution in [2.75, 3.05) is 31.6 Å².